The molecule has 3 heterocycles. The van der Waals surface area contributed by atoms with Crippen LogP contribution in [0, 0.1) is 6.92 Å². The molecule has 1 N–H and O–H groups in total. The van der Waals surface area contributed by atoms with E-state index in [4.69, 9.17) is 14.2 Å². The van der Waals surface area contributed by atoms with E-state index in [1.807, 2.05) is 31.2 Å². The first-order valence-corrected chi connectivity index (χ1v) is 10.9. The van der Waals surface area contributed by atoms with E-state index in [1.165, 1.54) is 7.11 Å². The number of cyclic esters (lactones) is 1. The number of fused-ring (bicyclic) bond motifs is 1. The molecule has 2 amide bonds. The number of methoxy groups -OCH3 is 1. The first-order chi connectivity index (χ1) is 14.9. The lowest BCUT2D eigenvalue weighted by molar-refractivity contribution is 0.0905. The summed E-state index contributed by atoms with van der Waals surface area (Å²) in [6.07, 6.45) is 0.979. The molecule has 0 spiro atoms. The number of hydrogen-bond acceptors (Lipinski definition) is 6. The quantitative estimate of drug-likeness (QED) is 0.624. The molecule has 2 aliphatic rings. The molecule has 2 atom stereocenters. The topological polar surface area (TPSA) is 90.0 Å². The van der Waals surface area contributed by atoms with Crippen molar-refractivity contribution in [2.75, 3.05) is 20.3 Å². The number of halogens is 1. The standard InChI is InChI=1S/C22H24BrN3O5/c1-13-3-5-14(6-4-13)11-24-20(27)17-10-18(19(23)25-21(17)29-2)31-16-7-8-26-15(9-16)12-30-22(26)28/h3-6,10,15-16H,7-9,11-12H2,1-2H3,(H,24,27)/t15-,16-/m0/s1. The van der Waals surface area contributed by atoms with E-state index in [2.05, 4.69) is 26.2 Å². The van der Waals surface area contributed by atoms with Crippen LogP contribution in [-0.2, 0) is 11.3 Å². The third-order valence-electron chi connectivity index (χ3n) is 5.52. The summed E-state index contributed by atoms with van der Waals surface area (Å²) in [5, 5.41) is 2.90. The second-order valence-corrected chi connectivity index (χ2v) is 8.44. The SMILES string of the molecule is COc1nc(Br)c(O[C@H]2CCN3C(=O)OC[C@@H]3C2)cc1C(=O)NCc1ccc(C)cc1. The Hall–Kier alpha value is -2.81. The predicted octanol–water partition coefficient (Wildman–Crippen LogP) is 3.45. The van der Waals surface area contributed by atoms with Gasteiger partial charge in [0.25, 0.3) is 5.91 Å². The van der Waals surface area contributed by atoms with Gasteiger partial charge in [-0.05, 0) is 28.4 Å². The van der Waals surface area contributed by atoms with Gasteiger partial charge in [0.2, 0.25) is 5.88 Å². The maximum atomic E-state index is 12.8. The summed E-state index contributed by atoms with van der Waals surface area (Å²) in [5.41, 5.74) is 2.46. The van der Waals surface area contributed by atoms with Crippen molar-refractivity contribution in [2.24, 2.45) is 0 Å². The number of ether oxygens (including phenoxy) is 3. The molecule has 1 aromatic heterocycles. The molecule has 8 nitrogen and oxygen atoms in total. The molecule has 164 valence electrons. The molecule has 2 aromatic rings. The average Bonchev–Trinajstić information content (AvgIpc) is 3.14. The van der Waals surface area contributed by atoms with Crippen molar-refractivity contribution < 1.29 is 23.8 Å². The van der Waals surface area contributed by atoms with Gasteiger partial charge in [-0.1, -0.05) is 29.8 Å². The van der Waals surface area contributed by atoms with Gasteiger partial charge in [0.05, 0.1) is 13.2 Å². The van der Waals surface area contributed by atoms with Crippen molar-refractivity contribution in [1.82, 2.24) is 15.2 Å². The second-order valence-electron chi connectivity index (χ2n) is 7.69. The number of carbonyl (C=O) groups is 2. The number of carbonyl (C=O) groups excluding carboxylic acids is 2. The summed E-state index contributed by atoms with van der Waals surface area (Å²) in [4.78, 5) is 30.6. The van der Waals surface area contributed by atoms with Crippen LogP contribution < -0.4 is 14.8 Å². The number of piperidine rings is 1. The highest BCUT2D eigenvalue weighted by Crippen LogP contribution is 2.33. The smallest absolute Gasteiger partial charge is 0.410 e. The van der Waals surface area contributed by atoms with E-state index in [0.717, 1.165) is 11.1 Å². The number of benzene rings is 1. The van der Waals surface area contributed by atoms with Crippen LogP contribution >= 0.6 is 15.9 Å². The molecule has 0 unspecified atom stereocenters. The Kier molecular flexibility index (Phi) is 6.31. The Morgan fingerprint density at radius 3 is 2.87 bits per heavy atom. The van der Waals surface area contributed by atoms with Crippen LogP contribution in [0.1, 0.15) is 34.3 Å². The van der Waals surface area contributed by atoms with Crippen LogP contribution in [0.2, 0.25) is 0 Å². The molecule has 31 heavy (non-hydrogen) atoms. The van der Waals surface area contributed by atoms with E-state index < -0.39 is 0 Å². The zero-order valence-electron chi connectivity index (χ0n) is 17.4. The van der Waals surface area contributed by atoms with Crippen LogP contribution in [0.3, 0.4) is 0 Å². The minimum absolute atomic E-state index is 0.0218. The molecule has 0 aliphatic carbocycles. The van der Waals surface area contributed by atoms with Gasteiger partial charge in [0.15, 0.2) is 10.4 Å². The van der Waals surface area contributed by atoms with E-state index in [9.17, 15) is 9.59 Å². The van der Waals surface area contributed by atoms with Crippen LogP contribution in [0.15, 0.2) is 34.9 Å². The summed E-state index contributed by atoms with van der Waals surface area (Å²) < 4.78 is 17.0. The predicted molar refractivity (Wildman–Crippen MR) is 116 cm³/mol. The lowest BCUT2D eigenvalue weighted by Crippen LogP contribution is -2.44. The fraction of sp³-hybridized carbons (Fsp3) is 0.409. The average molecular weight is 490 g/mol. The van der Waals surface area contributed by atoms with Gasteiger partial charge in [-0.15, -0.1) is 0 Å². The first kappa shape index (κ1) is 21.4. The number of rotatable bonds is 6. The van der Waals surface area contributed by atoms with E-state index in [0.29, 0.717) is 48.5 Å². The van der Waals surface area contributed by atoms with Crippen LogP contribution in [0.5, 0.6) is 11.6 Å². The van der Waals surface area contributed by atoms with Gasteiger partial charge in [-0.25, -0.2) is 9.78 Å². The zero-order valence-corrected chi connectivity index (χ0v) is 19.0. The van der Waals surface area contributed by atoms with Crippen molar-refractivity contribution in [3.8, 4) is 11.6 Å². The van der Waals surface area contributed by atoms with Gasteiger partial charge in [-0.2, -0.15) is 0 Å². The summed E-state index contributed by atoms with van der Waals surface area (Å²) in [6, 6.07) is 9.63. The largest absolute Gasteiger partial charge is 0.487 e. The Morgan fingerprint density at radius 2 is 2.13 bits per heavy atom. The Bertz CT molecular complexity index is 982. The number of nitrogens with zero attached hydrogens (tertiary/aromatic N) is 2. The molecule has 4 rings (SSSR count). The van der Waals surface area contributed by atoms with Crippen molar-refractivity contribution >= 4 is 27.9 Å². The van der Waals surface area contributed by atoms with Crippen molar-refractivity contribution in [3.05, 3.63) is 51.6 Å². The molecule has 1 aromatic carbocycles. The summed E-state index contributed by atoms with van der Waals surface area (Å²) in [7, 11) is 1.47. The van der Waals surface area contributed by atoms with Crippen molar-refractivity contribution in [3.63, 3.8) is 0 Å². The highest BCUT2D eigenvalue weighted by molar-refractivity contribution is 9.10. The van der Waals surface area contributed by atoms with E-state index in [-0.39, 0.29) is 30.0 Å². The van der Waals surface area contributed by atoms with Gasteiger partial charge in [0, 0.05) is 32.0 Å². The zero-order chi connectivity index (χ0) is 22.0. The van der Waals surface area contributed by atoms with Gasteiger partial charge in [-0.3, -0.25) is 4.79 Å². The lowest BCUT2D eigenvalue weighted by atomic mass is 10.0. The van der Waals surface area contributed by atoms with Crippen LogP contribution in [0.25, 0.3) is 0 Å². The van der Waals surface area contributed by atoms with Gasteiger partial charge >= 0.3 is 6.09 Å². The highest BCUT2D eigenvalue weighted by atomic mass is 79.9. The molecule has 0 saturated carbocycles. The third-order valence-corrected chi connectivity index (χ3v) is 6.08. The number of aryl methyl sites for hydroxylation is 1. The lowest BCUT2D eigenvalue weighted by Gasteiger charge is -2.32. The molecule has 2 fully saturated rings. The normalized spacial score (nSPS) is 20.1. The van der Waals surface area contributed by atoms with Gasteiger partial charge < -0.3 is 24.4 Å². The van der Waals surface area contributed by atoms with Crippen LogP contribution in [0.4, 0.5) is 4.79 Å². The van der Waals surface area contributed by atoms with E-state index in [1.54, 1.807) is 11.0 Å². The van der Waals surface area contributed by atoms with E-state index >= 15 is 0 Å². The first-order valence-electron chi connectivity index (χ1n) is 10.1. The Balaban J connectivity index is 1.46. The molecule has 9 heteroatoms. The minimum atomic E-state index is -0.299. The van der Waals surface area contributed by atoms with Crippen molar-refractivity contribution in [1.29, 1.82) is 0 Å². The summed E-state index contributed by atoms with van der Waals surface area (Å²) >= 11 is 3.41. The summed E-state index contributed by atoms with van der Waals surface area (Å²) in [5.74, 6) is 0.377. The number of amides is 2. The van der Waals surface area contributed by atoms with Gasteiger partial charge in [0.1, 0.15) is 18.3 Å². The fourth-order valence-electron chi connectivity index (χ4n) is 3.79. The molecular formula is C22H24BrN3O5. The summed E-state index contributed by atoms with van der Waals surface area (Å²) in [6.45, 7) is 3.37. The molecule has 2 saturated heterocycles. The molecule has 2 aliphatic heterocycles. The number of nitrogens with one attached hydrogen (secondary N) is 1. The fourth-order valence-corrected chi connectivity index (χ4v) is 4.16. The van der Waals surface area contributed by atoms with Crippen molar-refractivity contribution in [2.45, 2.75) is 38.5 Å². The Morgan fingerprint density at radius 1 is 1.35 bits per heavy atom. The second kappa shape index (κ2) is 9.13. The third kappa shape index (κ3) is 4.76. The van der Waals surface area contributed by atoms with Crippen LogP contribution in [-0.4, -0.2) is 54.3 Å². The molecular weight excluding hydrogens is 466 g/mol. The monoisotopic (exact) mass is 489 g/mol. The highest BCUT2D eigenvalue weighted by Gasteiger charge is 2.39. The maximum absolute atomic E-state index is 12.8. The number of pyridine rings is 1. The molecule has 0 bridgehead atoms. The molecule has 0 radical (unpaired) electrons. The number of aromatic nitrogens is 1. The minimum Gasteiger partial charge on any atom is -0.487 e. The maximum Gasteiger partial charge on any atom is 0.410 e. The number of hydrogen-bond donors (Lipinski definition) is 1. The Labute approximate surface area is 189 Å².